The molecule has 1 saturated heterocycles. The first-order valence-electron chi connectivity index (χ1n) is 11.2. The largest absolute Gasteiger partial charge is 0.436 e. The molecule has 2 amide bonds. The maximum Gasteiger partial charge on any atom is 0.264 e. The Morgan fingerprint density at radius 2 is 2.03 bits per heavy atom. The van der Waals surface area contributed by atoms with E-state index in [2.05, 4.69) is 29.0 Å². The molecule has 1 fully saturated rings. The van der Waals surface area contributed by atoms with Crippen molar-refractivity contribution in [3.63, 3.8) is 0 Å². The molecule has 4 rings (SSSR count). The predicted molar refractivity (Wildman–Crippen MR) is 125 cm³/mol. The molecule has 0 unspecified atom stereocenters. The summed E-state index contributed by atoms with van der Waals surface area (Å²) in [5, 5.41) is 3.41. The van der Waals surface area contributed by atoms with Gasteiger partial charge in [0.2, 0.25) is 11.8 Å². The minimum Gasteiger partial charge on any atom is -0.436 e. The number of benzene rings is 1. The molecule has 2 aromatic rings. The third-order valence-electron chi connectivity index (χ3n) is 6.26. The molecule has 0 saturated carbocycles. The first-order chi connectivity index (χ1) is 15.4. The van der Waals surface area contributed by atoms with Crippen LogP contribution >= 0.6 is 11.6 Å². The second-order valence-corrected chi connectivity index (χ2v) is 8.97. The highest BCUT2D eigenvalue weighted by Crippen LogP contribution is 2.39. The summed E-state index contributed by atoms with van der Waals surface area (Å²) in [5.41, 5.74) is 0.757. The molecule has 1 N–H and O–H groups in total. The van der Waals surface area contributed by atoms with Gasteiger partial charge in [-0.1, -0.05) is 18.0 Å². The summed E-state index contributed by atoms with van der Waals surface area (Å²) in [5.74, 6) is 0.0754. The summed E-state index contributed by atoms with van der Waals surface area (Å²) in [6.07, 6.45) is 6.18. The number of carbonyl (C=O) groups excluding carboxylic acids is 2. The van der Waals surface area contributed by atoms with Crippen LogP contribution in [0.3, 0.4) is 0 Å². The lowest BCUT2D eigenvalue weighted by Crippen LogP contribution is -2.45. The number of fused-ring (bicyclic) bond motifs is 2. The van der Waals surface area contributed by atoms with Crippen molar-refractivity contribution in [2.24, 2.45) is 0 Å². The van der Waals surface area contributed by atoms with Gasteiger partial charge in [0.05, 0.1) is 5.69 Å². The average molecular weight is 457 g/mol. The van der Waals surface area contributed by atoms with Crippen LogP contribution in [0.4, 0.5) is 5.69 Å². The van der Waals surface area contributed by atoms with E-state index in [1.165, 1.54) is 24.2 Å². The number of nitrogens with zero attached hydrogens (tertiary/aromatic N) is 3. The number of piperidine rings is 1. The Kier molecular flexibility index (Phi) is 6.96. The van der Waals surface area contributed by atoms with Crippen LogP contribution in [0.1, 0.15) is 49.9 Å². The lowest BCUT2D eigenvalue weighted by atomic mass is 9.97. The normalized spacial score (nSPS) is 20.7. The van der Waals surface area contributed by atoms with Gasteiger partial charge in [-0.3, -0.25) is 19.4 Å². The van der Waals surface area contributed by atoms with Crippen molar-refractivity contribution in [3.8, 4) is 11.6 Å². The molecule has 0 spiro atoms. The number of likely N-dealkylation sites (tertiary alicyclic amines) is 1. The number of pyridine rings is 1. The van der Waals surface area contributed by atoms with Crippen molar-refractivity contribution in [2.45, 2.75) is 51.6 Å². The first-order valence-corrected chi connectivity index (χ1v) is 11.6. The van der Waals surface area contributed by atoms with Crippen molar-refractivity contribution < 1.29 is 14.3 Å². The van der Waals surface area contributed by atoms with E-state index < -0.39 is 0 Å². The molecule has 0 aliphatic carbocycles. The molecular weight excluding hydrogens is 428 g/mol. The minimum absolute atomic E-state index is 0.125. The van der Waals surface area contributed by atoms with Crippen LogP contribution in [-0.4, -0.2) is 53.4 Å². The fourth-order valence-electron chi connectivity index (χ4n) is 4.54. The molecule has 32 heavy (non-hydrogen) atoms. The van der Waals surface area contributed by atoms with Gasteiger partial charge in [-0.15, -0.1) is 0 Å². The third-order valence-corrected chi connectivity index (χ3v) is 6.49. The highest BCUT2D eigenvalue weighted by molar-refractivity contribution is 6.31. The fraction of sp³-hybridized carbons (Fsp3) is 0.458. The number of hydrogen-bond acceptors (Lipinski definition) is 5. The highest BCUT2D eigenvalue weighted by Gasteiger charge is 2.30. The molecule has 3 heterocycles. The number of ether oxygens (including phenoxy) is 1. The second-order valence-electron chi connectivity index (χ2n) is 8.53. The van der Waals surface area contributed by atoms with E-state index in [4.69, 9.17) is 16.3 Å². The Bertz CT molecular complexity index is 989. The molecule has 1 aromatic heterocycles. The molecule has 1 aromatic carbocycles. The van der Waals surface area contributed by atoms with Gasteiger partial charge in [0.1, 0.15) is 12.1 Å². The number of carbonyl (C=O) groups is 2. The van der Waals surface area contributed by atoms with Crippen LogP contribution in [0.5, 0.6) is 11.6 Å². The maximum atomic E-state index is 13.2. The molecule has 8 heteroatoms. The van der Waals surface area contributed by atoms with Crippen LogP contribution in [0.15, 0.2) is 36.5 Å². The van der Waals surface area contributed by atoms with Crippen LogP contribution in [0.2, 0.25) is 5.02 Å². The Morgan fingerprint density at radius 3 is 2.81 bits per heavy atom. The lowest BCUT2D eigenvalue weighted by Gasteiger charge is -2.39. The van der Waals surface area contributed by atoms with Gasteiger partial charge in [0, 0.05) is 36.4 Å². The fourth-order valence-corrected chi connectivity index (χ4v) is 4.71. The van der Waals surface area contributed by atoms with Crippen molar-refractivity contribution in [1.29, 1.82) is 0 Å². The minimum atomic E-state index is -0.347. The van der Waals surface area contributed by atoms with E-state index >= 15 is 0 Å². The maximum absolute atomic E-state index is 13.2. The van der Waals surface area contributed by atoms with E-state index in [-0.39, 0.29) is 24.2 Å². The summed E-state index contributed by atoms with van der Waals surface area (Å²) in [7, 11) is 0. The van der Waals surface area contributed by atoms with E-state index in [1.807, 2.05) is 0 Å². The van der Waals surface area contributed by atoms with Gasteiger partial charge in [-0.05, 0) is 63.4 Å². The van der Waals surface area contributed by atoms with E-state index in [1.54, 1.807) is 36.5 Å². The summed E-state index contributed by atoms with van der Waals surface area (Å²) in [6, 6.07) is 9.47. The quantitative estimate of drug-likeness (QED) is 0.657. The summed E-state index contributed by atoms with van der Waals surface area (Å²) >= 11 is 6.18. The molecule has 2 atom stereocenters. The van der Waals surface area contributed by atoms with Crippen LogP contribution in [0, 0.1) is 0 Å². The Hall–Kier alpha value is -2.64. The van der Waals surface area contributed by atoms with E-state index in [0.29, 0.717) is 40.7 Å². The summed E-state index contributed by atoms with van der Waals surface area (Å²) in [4.78, 5) is 34.1. The van der Waals surface area contributed by atoms with Crippen molar-refractivity contribution in [2.75, 3.05) is 24.5 Å². The molecule has 0 radical (unpaired) electrons. The Balaban J connectivity index is 1.41. The van der Waals surface area contributed by atoms with Crippen molar-refractivity contribution in [1.82, 2.24) is 15.2 Å². The van der Waals surface area contributed by atoms with Crippen LogP contribution < -0.4 is 15.0 Å². The van der Waals surface area contributed by atoms with Gasteiger partial charge >= 0.3 is 0 Å². The summed E-state index contributed by atoms with van der Waals surface area (Å²) in [6.45, 7) is 5.94. The zero-order chi connectivity index (χ0) is 22.7. The number of anilines is 1. The lowest BCUT2D eigenvalue weighted by molar-refractivity contribution is -0.119. The molecule has 0 bridgehead atoms. The first kappa shape index (κ1) is 22.6. The Morgan fingerprint density at radius 1 is 1.25 bits per heavy atom. The average Bonchev–Trinajstić information content (AvgIpc) is 2.88. The molecule has 7 nitrogen and oxygen atoms in total. The molecule has 2 aliphatic heterocycles. The van der Waals surface area contributed by atoms with Gasteiger partial charge < -0.3 is 10.1 Å². The van der Waals surface area contributed by atoms with Gasteiger partial charge in [0.25, 0.3) is 5.91 Å². The second kappa shape index (κ2) is 9.88. The number of rotatable bonds is 6. The van der Waals surface area contributed by atoms with Gasteiger partial charge in [-0.2, -0.15) is 0 Å². The van der Waals surface area contributed by atoms with Crippen molar-refractivity contribution >= 4 is 29.1 Å². The monoisotopic (exact) mass is 456 g/mol. The van der Waals surface area contributed by atoms with Gasteiger partial charge in [-0.25, -0.2) is 4.98 Å². The number of amides is 2. The predicted octanol–water partition coefficient (Wildman–Crippen LogP) is 4.26. The van der Waals surface area contributed by atoms with E-state index in [9.17, 15) is 9.59 Å². The summed E-state index contributed by atoms with van der Waals surface area (Å²) < 4.78 is 5.86. The van der Waals surface area contributed by atoms with Crippen molar-refractivity contribution in [3.05, 3.63) is 47.1 Å². The topological polar surface area (TPSA) is 74.8 Å². The number of aromatic nitrogens is 1. The number of nitrogens with one attached hydrogen (secondary N) is 1. The smallest absolute Gasteiger partial charge is 0.264 e. The highest BCUT2D eigenvalue weighted by atomic mass is 35.5. The van der Waals surface area contributed by atoms with Crippen LogP contribution in [0.25, 0.3) is 0 Å². The zero-order valence-electron chi connectivity index (χ0n) is 18.5. The standard InChI is InChI=1S/C24H29ClN4O3/c1-16-6-3-7-17(2)28(16)13-5-12-26-22(30)15-29-20-14-18(25)9-10-21(20)32-23-19(24(29)31)8-4-11-27-23/h4,8-11,14,16-17H,3,5-7,12-13,15H2,1-2H3,(H,26,30)/t16-,17-/m1/s1. The molecular formula is C24H29ClN4O3. The molecule has 2 aliphatic rings. The zero-order valence-corrected chi connectivity index (χ0v) is 19.3. The number of hydrogen-bond donors (Lipinski definition) is 1. The number of halogens is 1. The van der Waals surface area contributed by atoms with Gasteiger partial charge in [0.15, 0.2) is 5.75 Å². The molecule has 170 valence electrons. The SMILES string of the molecule is C[C@@H]1CCC[C@@H](C)N1CCCNC(=O)CN1C(=O)c2cccnc2Oc2ccc(Cl)cc21. The Labute approximate surface area is 193 Å². The van der Waals surface area contributed by atoms with E-state index in [0.717, 1.165) is 13.0 Å². The van der Waals surface area contributed by atoms with Crippen LogP contribution in [-0.2, 0) is 4.79 Å². The third kappa shape index (κ3) is 4.89.